The van der Waals surface area contributed by atoms with Crippen LogP contribution in [-0.4, -0.2) is 10.8 Å². The van der Waals surface area contributed by atoms with E-state index in [-0.39, 0.29) is 5.91 Å². The highest BCUT2D eigenvalue weighted by molar-refractivity contribution is 5.98. The molecule has 2 heterocycles. The second-order valence-corrected chi connectivity index (χ2v) is 6.28. The standard InChI is InChI=1S/C22H19NO3/c1-16-19-11-5-6-12-20(19)26-21(16)22(24)23(15-18-10-7-13-25-18)14-17-8-3-2-4-9-17/h2-13H,14-15H2,1H3. The predicted octanol–water partition coefficient (Wildman–Crippen LogP) is 5.18. The maximum Gasteiger partial charge on any atom is 0.290 e. The molecule has 0 spiro atoms. The molecule has 4 nitrogen and oxygen atoms in total. The van der Waals surface area contributed by atoms with Crippen LogP contribution >= 0.6 is 0 Å². The van der Waals surface area contributed by atoms with E-state index in [4.69, 9.17) is 8.83 Å². The summed E-state index contributed by atoms with van der Waals surface area (Å²) < 4.78 is 11.3. The fraction of sp³-hybridized carbons (Fsp3) is 0.136. The number of rotatable bonds is 5. The first-order valence-electron chi connectivity index (χ1n) is 8.56. The van der Waals surface area contributed by atoms with Gasteiger partial charge in [0.15, 0.2) is 5.76 Å². The molecule has 0 bridgehead atoms. The summed E-state index contributed by atoms with van der Waals surface area (Å²) in [4.78, 5) is 15.0. The summed E-state index contributed by atoms with van der Waals surface area (Å²) in [6.07, 6.45) is 1.62. The summed E-state index contributed by atoms with van der Waals surface area (Å²) in [6, 6.07) is 21.3. The SMILES string of the molecule is Cc1c(C(=O)N(Cc2ccccc2)Cc2ccco2)oc2ccccc12. The number of hydrogen-bond donors (Lipinski definition) is 0. The molecule has 0 fully saturated rings. The van der Waals surface area contributed by atoms with Gasteiger partial charge in [0.05, 0.1) is 12.8 Å². The molecule has 0 saturated heterocycles. The average molecular weight is 345 g/mol. The summed E-state index contributed by atoms with van der Waals surface area (Å²) in [6.45, 7) is 2.79. The van der Waals surface area contributed by atoms with E-state index in [2.05, 4.69) is 0 Å². The van der Waals surface area contributed by atoms with Crippen molar-refractivity contribution in [1.82, 2.24) is 4.90 Å². The van der Waals surface area contributed by atoms with Gasteiger partial charge in [-0.25, -0.2) is 0 Å². The highest BCUT2D eigenvalue weighted by Crippen LogP contribution is 2.27. The summed E-state index contributed by atoms with van der Waals surface area (Å²) >= 11 is 0. The van der Waals surface area contributed by atoms with E-state index < -0.39 is 0 Å². The van der Waals surface area contributed by atoms with Crippen molar-refractivity contribution in [1.29, 1.82) is 0 Å². The van der Waals surface area contributed by atoms with Crippen LogP contribution in [0.1, 0.15) is 27.4 Å². The van der Waals surface area contributed by atoms with Crippen LogP contribution in [0.25, 0.3) is 11.0 Å². The Balaban J connectivity index is 1.69. The molecule has 4 aromatic rings. The Morgan fingerprint density at radius 2 is 1.69 bits per heavy atom. The highest BCUT2D eigenvalue weighted by Gasteiger charge is 2.24. The van der Waals surface area contributed by atoms with Gasteiger partial charge < -0.3 is 13.7 Å². The van der Waals surface area contributed by atoms with Crippen LogP contribution < -0.4 is 0 Å². The maximum absolute atomic E-state index is 13.3. The van der Waals surface area contributed by atoms with Crippen molar-refractivity contribution < 1.29 is 13.6 Å². The van der Waals surface area contributed by atoms with E-state index in [0.717, 1.165) is 27.9 Å². The van der Waals surface area contributed by atoms with Crippen molar-refractivity contribution in [3.63, 3.8) is 0 Å². The van der Waals surface area contributed by atoms with Gasteiger partial charge in [-0.2, -0.15) is 0 Å². The number of amides is 1. The molecule has 4 heteroatoms. The summed E-state index contributed by atoms with van der Waals surface area (Å²) in [5, 5.41) is 0.966. The number of aryl methyl sites for hydroxylation is 1. The fourth-order valence-corrected chi connectivity index (χ4v) is 3.12. The molecular weight excluding hydrogens is 326 g/mol. The minimum atomic E-state index is -0.140. The number of hydrogen-bond acceptors (Lipinski definition) is 3. The van der Waals surface area contributed by atoms with E-state index in [9.17, 15) is 4.79 Å². The minimum absolute atomic E-state index is 0.140. The number of furan rings is 2. The smallest absolute Gasteiger partial charge is 0.290 e. The van der Waals surface area contributed by atoms with Crippen LogP contribution in [-0.2, 0) is 13.1 Å². The maximum atomic E-state index is 13.3. The van der Waals surface area contributed by atoms with Crippen molar-refractivity contribution in [2.45, 2.75) is 20.0 Å². The molecule has 2 aromatic carbocycles. The van der Waals surface area contributed by atoms with E-state index in [1.54, 1.807) is 11.2 Å². The lowest BCUT2D eigenvalue weighted by molar-refractivity contribution is 0.0686. The Morgan fingerprint density at radius 3 is 2.42 bits per heavy atom. The second-order valence-electron chi connectivity index (χ2n) is 6.28. The van der Waals surface area contributed by atoms with Crippen molar-refractivity contribution in [3.05, 3.63) is 95.6 Å². The lowest BCUT2D eigenvalue weighted by Gasteiger charge is -2.21. The molecule has 4 rings (SSSR count). The Hall–Kier alpha value is -3.27. The first-order chi connectivity index (χ1) is 12.7. The normalized spacial score (nSPS) is 11.0. The third-order valence-electron chi connectivity index (χ3n) is 4.47. The molecule has 130 valence electrons. The summed E-state index contributed by atoms with van der Waals surface area (Å²) in [5.74, 6) is 0.982. The third-order valence-corrected chi connectivity index (χ3v) is 4.47. The van der Waals surface area contributed by atoms with Crippen LogP contribution in [0.2, 0.25) is 0 Å². The van der Waals surface area contributed by atoms with Gasteiger partial charge in [-0.1, -0.05) is 48.5 Å². The van der Waals surface area contributed by atoms with Crippen LogP contribution in [0.5, 0.6) is 0 Å². The lowest BCUT2D eigenvalue weighted by Crippen LogP contribution is -2.30. The van der Waals surface area contributed by atoms with Crippen molar-refractivity contribution in [3.8, 4) is 0 Å². The topological polar surface area (TPSA) is 46.6 Å². The molecule has 0 saturated carbocycles. The Morgan fingerprint density at radius 1 is 0.923 bits per heavy atom. The average Bonchev–Trinajstić information content (AvgIpc) is 3.30. The third kappa shape index (κ3) is 3.14. The van der Waals surface area contributed by atoms with Gasteiger partial charge >= 0.3 is 0 Å². The molecule has 0 aliphatic carbocycles. The zero-order valence-corrected chi connectivity index (χ0v) is 14.5. The monoisotopic (exact) mass is 345 g/mol. The van der Waals surface area contributed by atoms with Gasteiger partial charge in [0, 0.05) is 17.5 Å². The molecule has 0 N–H and O–H groups in total. The number of para-hydroxylation sites is 1. The lowest BCUT2D eigenvalue weighted by atomic mass is 10.1. The van der Waals surface area contributed by atoms with E-state index in [1.165, 1.54) is 0 Å². The van der Waals surface area contributed by atoms with E-state index >= 15 is 0 Å². The van der Waals surface area contributed by atoms with E-state index in [0.29, 0.717) is 18.8 Å². The van der Waals surface area contributed by atoms with Gasteiger partial charge in [0.25, 0.3) is 5.91 Å². The number of benzene rings is 2. The number of carbonyl (C=O) groups excluding carboxylic acids is 1. The van der Waals surface area contributed by atoms with Gasteiger partial charge in [-0.05, 0) is 30.7 Å². The molecule has 1 amide bonds. The molecule has 0 unspecified atom stereocenters. The Labute approximate surface area is 151 Å². The predicted molar refractivity (Wildman–Crippen MR) is 99.7 cm³/mol. The van der Waals surface area contributed by atoms with Crippen molar-refractivity contribution in [2.75, 3.05) is 0 Å². The van der Waals surface area contributed by atoms with Gasteiger partial charge in [-0.3, -0.25) is 4.79 Å². The molecule has 2 aromatic heterocycles. The zero-order chi connectivity index (χ0) is 17.9. The molecular formula is C22H19NO3. The molecule has 26 heavy (non-hydrogen) atoms. The van der Waals surface area contributed by atoms with Crippen LogP contribution in [0, 0.1) is 6.92 Å². The number of carbonyl (C=O) groups is 1. The number of fused-ring (bicyclic) bond motifs is 1. The molecule has 0 aliphatic rings. The van der Waals surface area contributed by atoms with E-state index in [1.807, 2.05) is 73.7 Å². The molecule has 0 radical (unpaired) electrons. The molecule has 0 aliphatic heterocycles. The summed E-state index contributed by atoms with van der Waals surface area (Å²) in [5.41, 5.74) is 2.65. The van der Waals surface area contributed by atoms with Gasteiger partial charge in [-0.15, -0.1) is 0 Å². The fourth-order valence-electron chi connectivity index (χ4n) is 3.12. The van der Waals surface area contributed by atoms with Crippen LogP contribution in [0.4, 0.5) is 0 Å². The largest absolute Gasteiger partial charge is 0.467 e. The number of nitrogens with zero attached hydrogens (tertiary/aromatic N) is 1. The molecule has 0 atom stereocenters. The minimum Gasteiger partial charge on any atom is -0.467 e. The zero-order valence-electron chi connectivity index (χ0n) is 14.5. The Bertz CT molecular complexity index is 1020. The summed E-state index contributed by atoms with van der Waals surface area (Å²) in [7, 11) is 0. The Kier molecular flexibility index (Phi) is 4.32. The van der Waals surface area contributed by atoms with Crippen LogP contribution in [0.15, 0.2) is 81.8 Å². The first-order valence-corrected chi connectivity index (χ1v) is 8.56. The first kappa shape index (κ1) is 16.2. The second kappa shape index (κ2) is 6.92. The quantitative estimate of drug-likeness (QED) is 0.501. The van der Waals surface area contributed by atoms with Crippen molar-refractivity contribution in [2.24, 2.45) is 0 Å². The van der Waals surface area contributed by atoms with Crippen LogP contribution in [0.3, 0.4) is 0 Å². The highest BCUT2D eigenvalue weighted by atomic mass is 16.3. The van der Waals surface area contributed by atoms with Gasteiger partial charge in [0.1, 0.15) is 11.3 Å². The van der Waals surface area contributed by atoms with Gasteiger partial charge in [0.2, 0.25) is 0 Å². The van der Waals surface area contributed by atoms with Crippen molar-refractivity contribution >= 4 is 16.9 Å².